The van der Waals surface area contributed by atoms with Gasteiger partial charge in [0.1, 0.15) is 24.4 Å². The molecule has 0 amide bonds. The van der Waals surface area contributed by atoms with Crippen molar-refractivity contribution in [3.63, 3.8) is 0 Å². The monoisotopic (exact) mass is 600 g/mol. The first-order valence-corrected chi connectivity index (χ1v) is 16.4. The minimum absolute atomic E-state index is 0.0506. The van der Waals surface area contributed by atoms with Gasteiger partial charge in [0.15, 0.2) is 0 Å². The van der Waals surface area contributed by atoms with Crippen LogP contribution in [0, 0.1) is 39.4 Å². The summed E-state index contributed by atoms with van der Waals surface area (Å²) in [7, 11) is 0. The van der Waals surface area contributed by atoms with Gasteiger partial charge in [0.05, 0.1) is 0 Å². The SMILES string of the molecule is CC(=O)OC[C@](C)(O)[C@H](CC[C@@H](C)[C@H]1CC[C@@]2(C)C3=CC[C@H]4C(C)(C)[C@@H](OC(C)=O)CC[C@]4(C)C3=CC[C@]12C)OC(C)=O. The van der Waals surface area contributed by atoms with Crippen molar-refractivity contribution in [1.82, 2.24) is 0 Å². The Morgan fingerprint density at radius 3 is 2.23 bits per heavy atom. The van der Waals surface area contributed by atoms with E-state index in [0.717, 1.165) is 44.9 Å². The third-order valence-electron chi connectivity index (χ3n) is 12.7. The van der Waals surface area contributed by atoms with Gasteiger partial charge in [0, 0.05) is 26.2 Å². The number of hydrogen-bond acceptors (Lipinski definition) is 7. The van der Waals surface area contributed by atoms with Crippen molar-refractivity contribution >= 4 is 17.9 Å². The van der Waals surface area contributed by atoms with Crippen molar-refractivity contribution in [2.75, 3.05) is 6.61 Å². The Hall–Kier alpha value is -2.15. The average molecular weight is 601 g/mol. The van der Waals surface area contributed by atoms with Crippen molar-refractivity contribution in [3.8, 4) is 0 Å². The molecule has 0 aromatic rings. The smallest absolute Gasteiger partial charge is 0.303 e. The van der Waals surface area contributed by atoms with Gasteiger partial charge < -0.3 is 19.3 Å². The van der Waals surface area contributed by atoms with E-state index in [9.17, 15) is 19.5 Å². The summed E-state index contributed by atoms with van der Waals surface area (Å²) in [6, 6.07) is 0. The van der Waals surface area contributed by atoms with E-state index < -0.39 is 23.6 Å². The van der Waals surface area contributed by atoms with E-state index in [4.69, 9.17) is 14.2 Å². The fourth-order valence-electron chi connectivity index (χ4n) is 10.00. The number of allylic oxidation sites excluding steroid dienone is 4. The number of ether oxygens (including phenoxy) is 3. The standard InChI is InChI=1S/C36H56O7/c1-22(11-14-31(43-25(4)39)36(10,40)21-41-23(2)37)26-15-19-35(9)28-12-13-29-32(5,6)30(42-24(3)38)17-18-33(29,7)27(28)16-20-34(26,35)8/h12,16,22,26,29-31,40H,11,13-15,17-21H2,1-10H3/t22-,26-,29+,30+,31+,33-,34-,35+,36+/m1/s1. The second-order valence-electron chi connectivity index (χ2n) is 15.8. The van der Waals surface area contributed by atoms with Gasteiger partial charge in [-0.1, -0.05) is 53.7 Å². The van der Waals surface area contributed by atoms with Crippen molar-refractivity contribution in [2.24, 2.45) is 39.4 Å². The molecule has 0 aromatic heterocycles. The maximum absolute atomic E-state index is 11.9. The van der Waals surface area contributed by atoms with Gasteiger partial charge in [-0.15, -0.1) is 0 Å². The van der Waals surface area contributed by atoms with Crippen LogP contribution in [0.3, 0.4) is 0 Å². The first-order chi connectivity index (χ1) is 19.8. The van der Waals surface area contributed by atoms with Crippen LogP contribution in [0.4, 0.5) is 0 Å². The van der Waals surface area contributed by atoms with E-state index in [1.807, 2.05) is 0 Å². The van der Waals surface area contributed by atoms with E-state index in [1.165, 1.54) is 26.3 Å². The van der Waals surface area contributed by atoms with Gasteiger partial charge in [-0.2, -0.15) is 0 Å². The third-order valence-corrected chi connectivity index (χ3v) is 12.7. The molecular weight excluding hydrogens is 544 g/mol. The van der Waals surface area contributed by atoms with Crippen molar-refractivity contribution < 1.29 is 33.7 Å². The topological polar surface area (TPSA) is 99.1 Å². The minimum atomic E-state index is -1.46. The second-order valence-corrected chi connectivity index (χ2v) is 15.8. The molecule has 43 heavy (non-hydrogen) atoms. The molecule has 2 fully saturated rings. The van der Waals surface area contributed by atoms with Crippen LogP contribution < -0.4 is 0 Å². The van der Waals surface area contributed by atoms with Crippen LogP contribution in [0.25, 0.3) is 0 Å². The Kier molecular flexibility index (Phi) is 9.14. The minimum Gasteiger partial charge on any atom is -0.463 e. The van der Waals surface area contributed by atoms with Crippen LogP contribution in [0.15, 0.2) is 23.3 Å². The fraction of sp³-hybridized carbons (Fsp3) is 0.806. The van der Waals surface area contributed by atoms with Gasteiger partial charge in [0.25, 0.3) is 0 Å². The van der Waals surface area contributed by atoms with Gasteiger partial charge >= 0.3 is 17.9 Å². The summed E-state index contributed by atoms with van der Waals surface area (Å²) in [4.78, 5) is 35.2. The highest BCUT2D eigenvalue weighted by Gasteiger charge is 2.63. The normalized spacial score (nSPS) is 37.2. The molecule has 0 aromatic carbocycles. The summed E-state index contributed by atoms with van der Waals surface area (Å²) in [5, 5.41) is 11.1. The molecule has 4 aliphatic carbocycles. The highest BCUT2D eigenvalue weighted by Crippen LogP contribution is 2.71. The van der Waals surface area contributed by atoms with Gasteiger partial charge in [-0.3, -0.25) is 14.4 Å². The predicted octanol–water partition coefficient (Wildman–Crippen LogP) is 7.11. The number of aliphatic hydroxyl groups is 1. The Morgan fingerprint density at radius 1 is 0.953 bits per heavy atom. The lowest BCUT2D eigenvalue weighted by Gasteiger charge is -2.61. The van der Waals surface area contributed by atoms with E-state index in [-0.39, 0.29) is 40.3 Å². The number of fused-ring (bicyclic) bond motifs is 5. The van der Waals surface area contributed by atoms with Gasteiger partial charge in [-0.25, -0.2) is 0 Å². The molecule has 0 spiro atoms. The van der Waals surface area contributed by atoms with Crippen LogP contribution in [-0.2, 0) is 28.6 Å². The number of carbonyl (C=O) groups is 3. The number of carbonyl (C=O) groups excluding carboxylic acids is 3. The molecule has 0 heterocycles. The molecular formula is C36H56O7. The summed E-state index contributed by atoms with van der Waals surface area (Å²) in [5.41, 5.74) is 1.72. The molecule has 9 atom stereocenters. The van der Waals surface area contributed by atoms with Crippen LogP contribution in [0.1, 0.15) is 121 Å². The quantitative estimate of drug-likeness (QED) is 0.222. The zero-order chi connectivity index (χ0) is 32.2. The molecule has 4 aliphatic rings. The molecule has 4 rings (SSSR count). The molecule has 7 heteroatoms. The molecule has 0 aliphatic heterocycles. The zero-order valence-electron chi connectivity index (χ0n) is 28.3. The molecule has 0 bridgehead atoms. The van der Waals surface area contributed by atoms with Crippen LogP contribution in [0.2, 0.25) is 0 Å². The third kappa shape index (κ3) is 5.84. The Morgan fingerprint density at radius 2 is 1.63 bits per heavy atom. The summed E-state index contributed by atoms with van der Waals surface area (Å²) >= 11 is 0. The first-order valence-electron chi connectivity index (χ1n) is 16.4. The number of hydrogen-bond donors (Lipinski definition) is 1. The number of esters is 3. The molecule has 7 nitrogen and oxygen atoms in total. The Balaban J connectivity index is 1.55. The summed E-state index contributed by atoms with van der Waals surface area (Å²) in [6.45, 7) is 19.8. The van der Waals surface area contributed by atoms with Crippen LogP contribution in [0.5, 0.6) is 0 Å². The van der Waals surface area contributed by atoms with E-state index >= 15 is 0 Å². The van der Waals surface area contributed by atoms with E-state index in [2.05, 4.69) is 53.7 Å². The van der Waals surface area contributed by atoms with E-state index in [0.29, 0.717) is 24.2 Å². The lowest BCUT2D eigenvalue weighted by Crippen LogP contribution is -2.55. The average Bonchev–Trinajstić information content (AvgIpc) is 3.18. The largest absolute Gasteiger partial charge is 0.463 e. The summed E-state index contributed by atoms with van der Waals surface area (Å²) in [5.74, 6) is 0.134. The summed E-state index contributed by atoms with van der Waals surface area (Å²) < 4.78 is 16.5. The molecule has 0 radical (unpaired) electrons. The molecule has 2 saturated carbocycles. The van der Waals surface area contributed by atoms with Crippen molar-refractivity contribution in [1.29, 1.82) is 0 Å². The molecule has 0 saturated heterocycles. The second kappa shape index (κ2) is 11.7. The lowest BCUT2D eigenvalue weighted by atomic mass is 9.44. The van der Waals surface area contributed by atoms with Crippen molar-refractivity contribution in [2.45, 2.75) is 138 Å². The fourth-order valence-corrected chi connectivity index (χ4v) is 10.00. The van der Waals surface area contributed by atoms with Crippen molar-refractivity contribution in [3.05, 3.63) is 23.3 Å². The number of rotatable bonds is 9. The first kappa shape index (κ1) is 33.7. The van der Waals surface area contributed by atoms with Gasteiger partial charge in [0.2, 0.25) is 0 Å². The zero-order valence-corrected chi connectivity index (χ0v) is 28.3. The van der Waals surface area contributed by atoms with Crippen LogP contribution >= 0.6 is 0 Å². The van der Waals surface area contributed by atoms with Gasteiger partial charge in [-0.05, 0) is 103 Å². The molecule has 1 N–H and O–H groups in total. The molecule has 0 unspecified atom stereocenters. The maximum Gasteiger partial charge on any atom is 0.303 e. The lowest BCUT2D eigenvalue weighted by molar-refractivity contribution is -0.174. The maximum atomic E-state index is 11.9. The van der Waals surface area contributed by atoms with Crippen LogP contribution in [-0.4, -0.2) is 47.4 Å². The van der Waals surface area contributed by atoms with E-state index in [1.54, 1.807) is 12.5 Å². The Labute approximate surface area is 259 Å². The highest BCUT2D eigenvalue weighted by molar-refractivity contribution is 5.67. The molecule has 242 valence electrons. The summed E-state index contributed by atoms with van der Waals surface area (Å²) in [6.07, 6.45) is 11.8. The highest BCUT2D eigenvalue weighted by atomic mass is 16.6. The Bertz CT molecular complexity index is 1180. The predicted molar refractivity (Wildman–Crippen MR) is 166 cm³/mol.